The van der Waals surface area contributed by atoms with Crippen molar-refractivity contribution in [2.45, 2.75) is 6.92 Å². The highest BCUT2D eigenvalue weighted by molar-refractivity contribution is 5.47. The molecule has 1 rings (SSSR count). The van der Waals surface area contributed by atoms with Gasteiger partial charge in [0, 0.05) is 5.56 Å². The van der Waals surface area contributed by atoms with E-state index in [0.29, 0.717) is 5.56 Å². The molecule has 0 aliphatic heterocycles. The lowest BCUT2D eigenvalue weighted by Crippen LogP contribution is -1.80. The van der Waals surface area contributed by atoms with E-state index in [1.165, 1.54) is 0 Å². The molecular weight excluding hydrogens is 134 g/mol. The average molecular weight is 141 g/mol. The van der Waals surface area contributed by atoms with Gasteiger partial charge in [0.2, 0.25) is 0 Å². The summed E-state index contributed by atoms with van der Waals surface area (Å²) in [4.78, 5) is 0. The molecule has 52 valence electrons. The normalized spacial score (nSPS) is 7.64. The third-order valence-corrected chi connectivity index (χ3v) is 1.31. The predicted octanol–water partition coefficient (Wildman–Crippen LogP) is 1.93. The molecule has 0 atom stereocenters. The lowest BCUT2D eigenvalue weighted by atomic mass is 10.1. The van der Waals surface area contributed by atoms with Gasteiger partial charge in [-0.15, -0.1) is 5.92 Å². The summed E-state index contributed by atoms with van der Waals surface area (Å²) < 4.78 is 0. The van der Waals surface area contributed by atoms with Gasteiger partial charge in [0.1, 0.15) is 6.07 Å². The van der Waals surface area contributed by atoms with Crippen LogP contribution >= 0.6 is 0 Å². The molecule has 0 spiro atoms. The van der Waals surface area contributed by atoms with Gasteiger partial charge in [-0.2, -0.15) is 5.26 Å². The highest BCUT2D eigenvalue weighted by Gasteiger charge is 1.93. The molecule has 0 saturated carbocycles. The fourth-order valence-electron chi connectivity index (χ4n) is 0.824. The molecule has 1 aromatic carbocycles. The van der Waals surface area contributed by atoms with Crippen molar-refractivity contribution in [1.82, 2.24) is 0 Å². The van der Waals surface area contributed by atoms with Gasteiger partial charge in [-0.05, 0) is 19.1 Å². The van der Waals surface area contributed by atoms with Crippen LogP contribution in [0, 0.1) is 23.2 Å². The van der Waals surface area contributed by atoms with Crippen molar-refractivity contribution in [2.24, 2.45) is 0 Å². The summed E-state index contributed by atoms with van der Waals surface area (Å²) in [5.74, 6) is 5.61. The lowest BCUT2D eigenvalue weighted by Gasteiger charge is -1.90. The van der Waals surface area contributed by atoms with E-state index >= 15 is 0 Å². The molecule has 0 aliphatic carbocycles. The zero-order valence-corrected chi connectivity index (χ0v) is 6.26. The molecule has 0 bridgehead atoms. The van der Waals surface area contributed by atoms with E-state index in [1.54, 1.807) is 13.0 Å². The Morgan fingerprint density at radius 3 is 2.36 bits per heavy atom. The molecule has 0 aromatic heterocycles. The number of hydrogen-bond acceptors (Lipinski definition) is 1. The zero-order valence-electron chi connectivity index (χ0n) is 6.26. The van der Waals surface area contributed by atoms with Crippen LogP contribution in [0.3, 0.4) is 0 Å². The Bertz CT molecular complexity index is 347. The number of nitrogens with zero attached hydrogens (tertiary/aromatic N) is 1. The molecule has 11 heavy (non-hydrogen) atoms. The highest BCUT2D eigenvalue weighted by atomic mass is 14.2. The highest BCUT2D eigenvalue weighted by Crippen LogP contribution is 2.04. The second-order valence-corrected chi connectivity index (χ2v) is 2.03. The van der Waals surface area contributed by atoms with E-state index in [4.69, 9.17) is 5.26 Å². The first kappa shape index (κ1) is 7.38. The zero-order chi connectivity index (χ0) is 8.10. The molecular formula is C10H7N. The number of benzene rings is 1. The number of rotatable bonds is 0. The second kappa shape index (κ2) is 3.44. The van der Waals surface area contributed by atoms with Crippen molar-refractivity contribution in [2.75, 3.05) is 0 Å². The third-order valence-electron chi connectivity index (χ3n) is 1.31. The summed E-state index contributed by atoms with van der Waals surface area (Å²) in [6.07, 6.45) is 0. The Kier molecular flexibility index (Phi) is 2.31. The lowest BCUT2D eigenvalue weighted by molar-refractivity contribution is 1.47. The van der Waals surface area contributed by atoms with Crippen LogP contribution in [0.15, 0.2) is 24.3 Å². The Hall–Kier alpha value is -1.73. The topological polar surface area (TPSA) is 23.8 Å². The number of hydrogen-bond donors (Lipinski definition) is 0. The minimum Gasteiger partial charge on any atom is -0.192 e. The van der Waals surface area contributed by atoms with Crippen LogP contribution in [0.2, 0.25) is 0 Å². The maximum Gasteiger partial charge on any atom is 0.100 e. The average Bonchev–Trinajstić information content (AvgIpc) is 2.06. The van der Waals surface area contributed by atoms with Crippen LogP contribution < -0.4 is 0 Å². The maximum atomic E-state index is 8.63. The van der Waals surface area contributed by atoms with Crippen molar-refractivity contribution >= 4 is 0 Å². The summed E-state index contributed by atoms with van der Waals surface area (Å²) in [7, 11) is 0. The van der Waals surface area contributed by atoms with E-state index in [0.717, 1.165) is 5.56 Å². The van der Waals surface area contributed by atoms with Crippen LogP contribution in [-0.4, -0.2) is 0 Å². The summed E-state index contributed by atoms with van der Waals surface area (Å²) >= 11 is 0. The van der Waals surface area contributed by atoms with Crippen molar-refractivity contribution < 1.29 is 0 Å². The molecule has 0 aliphatic rings. The van der Waals surface area contributed by atoms with Crippen molar-refractivity contribution in [3.05, 3.63) is 35.4 Å². The first-order chi connectivity index (χ1) is 5.38. The van der Waals surface area contributed by atoms with Crippen LogP contribution in [0.4, 0.5) is 0 Å². The third kappa shape index (κ3) is 1.60. The maximum absolute atomic E-state index is 8.63. The summed E-state index contributed by atoms with van der Waals surface area (Å²) in [6, 6.07) is 9.39. The molecule has 1 aromatic rings. The largest absolute Gasteiger partial charge is 0.192 e. The molecule has 0 heterocycles. The summed E-state index contributed by atoms with van der Waals surface area (Å²) in [5, 5.41) is 8.63. The summed E-state index contributed by atoms with van der Waals surface area (Å²) in [6.45, 7) is 1.76. The van der Waals surface area contributed by atoms with Crippen molar-refractivity contribution in [3.8, 4) is 17.9 Å². The van der Waals surface area contributed by atoms with E-state index < -0.39 is 0 Å². The van der Waals surface area contributed by atoms with Crippen LogP contribution in [0.1, 0.15) is 18.1 Å². The van der Waals surface area contributed by atoms with Crippen LogP contribution in [0.25, 0.3) is 0 Å². The van der Waals surface area contributed by atoms with Gasteiger partial charge in [-0.1, -0.05) is 18.1 Å². The standard InChI is InChI=1S/C10H7N/c1-2-5-9-6-3-4-7-10(9)8-11/h3-4,6-7H,1H3. The molecule has 0 fully saturated rings. The van der Waals surface area contributed by atoms with Crippen molar-refractivity contribution in [1.29, 1.82) is 5.26 Å². The first-order valence-corrected chi connectivity index (χ1v) is 3.30. The van der Waals surface area contributed by atoms with Crippen LogP contribution in [0.5, 0.6) is 0 Å². The number of nitriles is 1. The van der Waals surface area contributed by atoms with Gasteiger partial charge in [0.15, 0.2) is 0 Å². The van der Waals surface area contributed by atoms with Gasteiger partial charge >= 0.3 is 0 Å². The monoisotopic (exact) mass is 141 g/mol. The van der Waals surface area contributed by atoms with Crippen molar-refractivity contribution in [3.63, 3.8) is 0 Å². The Morgan fingerprint density at radius 1 is 1.18 bits per heavy atom. The van der Waals surface area contributed by atoms with E-state index in [-0.39, 0.29) is 0 Å². The van der Waals surface area contributed by atoms with Crippen LogP contribution in [-0.2, 0) is 0 Å². The van der Waals surface area contributed by atoms with Gasteiger partial charge in [0.05, 0.1) is 5.56 Å². The Balaban J connectivity index is 3.22. The summed E-state index contributed by atoms with van der Waals surface area (Å²) in [5.41, 5.74) is 1.44. The fourth-order valence-corrected chi connectivity index (χ4v) is 0.824. The fraction of sp³-hybridized carbons (Fsp3) is 0.100. The van der Waals surface area contributed by atoms with Gasteiger partial charge in [0.25, 0.3) is 0 Å². The minimum absolute atomic E-state index is 0.641. The predicted molar refractivity (Wildman–Crippen MR) is 43.7 cm³/mol. The first-order valence-electron chi connectivity index (χ1n) is 3.30. The molecule has 0 saturated heterocycles. The van der Waals surface area contributed by atoms with Gasteiger partial charge in [-0.25, -0.2) is 0 Å². The van der Waals surface area contributed by atoms with E-state index in [9.17, 15) is 0 Å². The minimum atomic E-state index is 0.641. The molecule has 0 radical (unpaired) electrons. The SMILES string of the molecule is CC#Cc1ccccc1C#N. The Labute approximate surface area is 66.3 Å². The molecule has 0 N–H and O–H groups in total. The molecule has 0 unspecified atom stereocenters. The van der Waals surface area contributed by atoms with E-state index in [2.05, 4.69) is 17.9 Å². The van der Waals surface area contributed by atoms with Gasteiger partial charge < -0.3 is 0 Å². The molecule has 1 heteroatoms. The quantitative estimate of drug-likeness (QED) is 0.506. The Morgan fingerprint density at radius 2 is 1.82 bits per heavy atom. The van der Waals surface area contributed by atoms with Gasteiger partial charge in [-0.3, -0.25) is 0 Å². The smallest absolute Gasteiger partial charge is 0.100 e. The van der Waals surface area contributed by atoms with E-state index in [1.807, 2.05) is 18.2 Å². The molecule has 1 nitrogen and oxygen atoms in total. The second-order valence-electron chi connectivity index (χ2n) is 2.03. The molecule has 0 amide bonds.